The summed E-state index contributed by atoms with van der Waals surface area (Å²) in [6, 6.07) is 8.53. The van der Waals surface area contributed by atoms with Crippen molar-refractivity contribution in [2.45, 2.75) is 13.3 Å². The average Bonchev–Trinajstić information content (AvgIpc) is 2.88. The van der Waals surface area contributed by atoms with Gasteiger partial charge in [-0.3, -0.25) is 9.59 Å². The fourth-order valence-electron chi connectivity index (χ4n) is 1.95. The van der Waals surface area contributed by atoms with Gasteiger partial charge in [-0.2, -0.15) is 0 Å². The van der Waals surface area contributed by atoms with Crippen molar-refractivity contribution in [1.29, 1.82) is 0 Å². The van der Waals surface area contributed by atoms with E-state index in [1.807, 2.05) is 6.92 Å². The van der Waals surface area contributed by atoms with Crippen LogP contribution in [0.3, 0.4) is 0 Å². The fourth-order valence-corrected chi connectivity index (χ4v) is 3.16. The summed E-state index contributed by atoms with van der Waals surface area (Å²) in [5, 5.41) is 15.2. The molecule has 0 aliphatic carbocycles. The number of aliphatic hydroxyl groups is 1. The zero-order valence-electron chi connectivity index (χ0n) is 12.6. The van der Waals surface area contributed by atoms with Crippen LogP contribution in [0.15, 0.2) is 30.3 Å². The molecule has 0 aliphatic heterocycles. The summed E-state index contributed by atoms with van der Waals surface area (Å²) >= 11 is 7.21. The highest BCUT2D eigenvalue weighted by molar-refractivity contribution is 7.18. The van der Waals surface area contributed by atoms with E-state index in [0.717, 1.165) is 5.56 Å². The maximum atomic E-state index is 12.2. The average molecular weight is 353 g/mol. The van der Waals surface area contributed by atoms with Gasteiger partial charge >= 0.3 is 0 Å². The van der Waals surface area contributed by atoms with E-state index in [1.165, 1.54) is 11.3 Å². The van der Waals surface area contributed by atoms with E-state index in [2.05, 4.69) is 10.6 Å². The van der Waals surface area contributed by atoms with Crippen molar-refractivity contribution in [2.24, 2.45) is 0 Å². The molecule has 0 spiro atoms. The van der Waals surface area contributed by atoms with E-state index in [9.17, 15) is 9.59 Å². The molecule has 0 atom stereocenters. The van der Waals surface area contributed by atoms with Gasteiger partial charge in [0, 0.05) is 13.2 Å². The van der Waals surface area contributed by atoms with Gasteiger partial charge in [-0.25, -0.2) is 0 Å². The second-order valence-corrected chi connectivity index (χ2v) is 6.35. The smallest absolute Gasteiger partial charge is 0.261 e. The number of aliphatic hydroxyl groups excluding tert-OH is 1. The second kappa shape index (κ2) is 8.10. The quantitative estimate of drug-likeness (QED) is 0.699. The van der Waals surface area contributed by atoms with Gasteiger partial charge in [-0.05, 0) is 37.1 Å². The molecule has 7 heteroatoms. The third-order valence-corrected chi connectivity index (χ3v) is 4.58. The molecule has 0 bridgehead atoms. The minimum absolute atomic E-state index is 0.0306. The fraction of sp³-hybridized carbons (Fsp3) is 0.250. The van der Waals surface area contributed by atoms with E-state index < -0.39 is 0 Å². The third kappa shape index (κ3) is 4.54. The monoisotopic (exact) mass is 352 g/mol. The van der Waals surface area contributed by atoms with E-state index in [4.69, 9.17) is 16.7 Å². The van der Waals surface area contributed by atoms with Crippen LogP contribution in [-0.4, -0.2) is 30.1 Å². The Morgan fingerprint density at radius 2 is 2.00 bits per heavy atom. The second-order valence-electron chi connectivity index (χ2n) is 4.89. The number of anilines is 1. The first-order valence-corrected chi connectivity index (χ1v) is 8.27. The number of halogens is 1. The molecule has 122 valence electrons. The van der Waals surface area contributed by atoms with Crippen LogP contribution < -0.4 is 10.6 Å². The molecule has 0 unspecified atom stereocenters. The minimum Gasteiger partial charge on any atom is -0.396 e. The molecule has 5 nitrogen and oxygen atoms in total. The Hall–Kier alpha value is -1.89. The zero-order chi connectivity index (χ0) is 16.8. The summed E-state index contributed by atoms with van der Waals surface area (Å²) in [6.45, 7) is 2.25. The van der Waals surface area contributed by atoms with Gasteiger partial charge in [-0.1, -0.05) is 23.7 Å². The van der Waals surface area contributed by atoms with E-state index in [1.54, 1.807) is 30.3 Å². The van der Waals surface area contributed by atoms with Crippen LogP contribution >= 0.6 is 22.9 Å². The molecule has 0 fully saturated rings. The summed E-state index contributed by atoms with van der Waals surface area (Å²) < 4.78 is 0. The summed E-state index contributed by atoms with van der Waals surface area (Å²) in [6.07, 6.45) is 0.506. The van der Waals surface area contributed by atoms with Gasteiger partial charge in [-0.15, -0.1) is 11.3 Å². The number of benzene rings is 1. The molecule has 0 aliphatic rings. The minimum atomic E-state index is -0.316. The van der Waals surface area contributed by atoms with E-state index in [0.29, 0.717) is 33.4 Å². The van der Waals surface area contributed by atoms with Crippen molar-refractivity contribution in [3.63, 3.8) is 0 Å². The molecule has 2 rings (SSSR count). The van der Waals surface area contributed by atoms with Crippen LogP contribution in [0.2, 0.25) is 5.02 Å². The Kier molecular flexibility index (Phi) is 6.15. The number of carbonyl (C=O) groups is 2. The summed E-state index contributed by atoms with van der Waals surface area (Å²) in [7, 11) is 0. The highest BCUT2D eigenvalue weighted by Gasteiger charge is 2.16. The lowest BCUT2D eigenvalue weighted by molar-refractivity contribution is 0.0953. The number of amides is 2. The largest absolute Gasteiger partial charge is 0.396 e. The highest BCUT2D eigenvalue weighted by Crippen LogP contribution is 2.27. The predicted octanol–water partition coefficient (Wildman–Crippen LogP) is 3.07. The number of rotatable bonds is 6. The lowest BCUT2D eigenvalue weighted by Crippen LogP contribution is -2.24. The predicted molar refractivity (Wildman–Crippen MR) is 92.5 cm³/mol. The molecular weight excluding hydrogens is 336 g/mol. The zero-order valence-corrected chi connectivity index (χ0v) is 14.1. The van der Waals surface area contributed by atoms with Gasteiger partial charge in [0.2, 0.25) is 0 Å². The molecule has 1 aromatic heterocycles. The van der Waals surface area contributed by atoms with Crippen molar-refractivity contribution in [2.75, 3.05) is 18.5 Å². The van der Waals surface area contributed by atoms with Crippen molar-refractivity contribution >= 4 is 39.8 Å². The van der Waals surface area contributed by atoms with Crippen molar-refractivity contribution < 1.29 is 14.7 Å². The van der Waals surface area contributed by atoms with E-state index in [-0.39, 0.29) is 18.4 Å². The first kappa shape index (κ1) is 17.5. The highest BCUT2D eigenvalue weighted by atomic mass is 35.5. The van der Waals surface area contributed by atoms with Gasteiger partial charge < -0.3 is 15.7 Å². The lowest BCUT2D eigenvalue weighted by Gasteiger charge is -2.04. The maximum Gasteiger partial charge on any atom is 0.261 e. The van der Waals surface area contributed by atoms with Gasteiger partial charge in [0.15, 0.2) is 0 Å². The number of hydrogen-bond donors (Lipinski definition) is 3. The molecule has 2 aromatic rings. The molecular formula is C16H17ClN2O3S. The van der Waals surface area contributed by atoms with Gasteiger partial charge in [0.05, 0.1) is 20.5 Å². The standard InChI is InChI=1S/C16H17ClN2O3S/c1-10-9-13(23-14(10)16(22)18-7-4-8-20)19-15(21)11-5-2-3-6-12(11)17/h2-3,5-6,9,20H,4,7-8H2,1H3,(H,18,22)(H,19,21). The lowest BCUT2D eigenvalue weighted by atomic mass is 10.2. The Morgan fingerprint density at radius 3 is 2.70 bits per heavy atom. The van der Waals surface area contributed by atoms with Crippen molar-refractivity contribution in [3.05, 3.63) is 51.4 Å². The molecule has 1 heterocycles. The Balaban J connectivity index is 2.07. The number of hydrogen-bond acceptors (Lipinski definition) is 4. The third-order valence-electron chi connectivity index (χ3n) is 3.10. The Labute approximate surface area is 143 Å². The molecule has 0 saturated carbocycles. The molecule has 2 amide bonds. The molecule has 0 saturated heterocycles. The van der Waals surface area contributed by atoms with Crippen LogP contribution in [0.25, 0.3) is 0 Å². The van der Waals surface area contributed by atoms with Crippen LogP contribution in [-0.2, 0) is 0 Å². The topological polar surface area (TPSA) is 78.4 Å². The first-order valence-electron chi connectivity index (χ1n) is 7.08. The van der Waals surface area contributed by atoms with Gasteiger partial charge in [0.25, 0.3) is 11.8 Å². The van der Waals surface area contributed by atoms with E-state index >= 15 is 0 Å². The van der Waals surface area contributed by atoms with Crippen LogP contribution in [0, 0.1) is 6.92 Å². The molecule has 3 N–H and O–H groups in total. The first-order chi connectivity index (χ1) is 11.0. The van der Waals surface area contributed by atoms with Crippen molar-refractivity contribution in [1.82, 2.24) is 5.32 Å². The molecule has 1 aromatic carbocycles. The van der Waals surface area contributed by atoms with Crippen LogP contribution in [0.4, 0.5) is 5.00 Å². The van der Waals surface area contributed by atoms with Crippen molar-refractivity contribution in [3.8, 4) is 0 Å². The molecule has 0 radical (unpaired) electrons. The SMILES string of the molecule is Cc1cc(NC(=O)c2ccccc2Cl)sc1C(=O)NCCCO. The maximum absolute atomic E-state index is 12.2. The molecule has 23 heavy (non-hydrogen) atoms. The Bertz CT molecular complexity index is 715. The number of aryl methyl sites for hydroxylation is 1. The number of nitrogens with one attached hydrogen (secondary N) is 2. The van der Waals surface area contributed by atoms with Gasteiger partial charge in [0.1, 0.15) is 0 Å². The Morgan fingerprint density at radius 1 is 1.26 bits per heavy atom. The number of carbonyl (C=O) groups excluding carboxylic acids is 2. The summed E-state index contributed by atoms with van der Waals surface area (Å²) in [4.78, 5) is 24.8. The van der Waals surface area contributed by atoms with Crippen LogP contribution in [0.1, 0.15) is 32.0 Å². The normalized spacial score (nSPS) is 10.4. The van der Waals surface area contributed by atoms with Crippen LogP contribution in [0.5, 0.6) is 0 Å². The summed E-state index contributed by atoms with van der Waals surface area (Å²) in [5.74, 6) is -0.525. The summed E-state index contributed by atoms with van der Waals surface area (Å²) in [5.41, 5.74) is 1.17. The number of thiophene rings is 1.